The van der Waals surface area contributed by atoms with Crippen LogP contribution in [0.3, 0.4) is 0 Å². The number of ketones is 1. The lowest BCUT2D eigenvalue weighted by atomic mass is 9.85. The highest BCUT2D eigenvalue weighted by Crippen LogP contribution is 2.27. The van der Waals surface area contributed by atoms with Crippen molar-refractivity contribution in [3.05, 3.63) is 45.8 Å². The van der Waals surface area contributed by atoms with Crippen molar-refractivity contribution >= 4 is 11.7 Å². The van der Waals surface area contributed by atoms with E-state index in [0.29, 0.717) is 23.2 Å². The second-order valence-electron chi connectivity index (χ2n) is 6.93. The number of anilines is 1. The molecule has 1 aliphatic rings. The van der Waals surface area contributed by atoms with E-state index in [-0.39, 0.29) is 17.9 Å². The maximum Gasteiger partial charge on any atom is 0.255 e. The number of carbonyl (C=O) groups is 1. The number of nitrogens with zero attached hydrogens (tertiary/aromatic N) is 2. The minimum atomic E-state index is -0.149. The van der Waals surface area contributed by atoms with Gasteiger partial charge in [-0.25, -0.2) is 4.98 Å². The Morgan fingerprint density at radius 3 is 2.80 bits per heavy atom. The zero-order valence-corrected chi connectivity index (χ0v) is 14.9. The third kappa shape index (κ3) is 4.18. The fraction of sp³-hybridized carbons (Fsp3) is 0.526. The molecule has 6 nitrogen and oxygen atoms in total. The summed E-state index contributed by atoms with van der Waals surface area (Å²) in [5.74, 6) is 1.19. The quantitative estimate of drug-likeness (QED) is 0.815. The summed E-state index contributed by atoms with van der Waals surface area (Å²) < 4.78 is 5.13. The van der Waals surface area contributed by atoms with Crippen molar-refractivity contribution in [1.82, 2.24) is 9.97 Å². The number of carbonyl (C=O) groups excluding carboxylic acids is 1. The maximum absolute atomic E-state index is 12.3. The average Bonchev–Trinajstić information content (AvgIpc) is 3.14. The topological polar surface area (TPSA) is 79.2 Å². The minimum Gasteiger partial charge on any atom is -0.461 e. The zero-order valence-electron chi connectivity index (χ0n) is 14.9. The third-order valence-electron chi connectivity index (χ3n) is 4.98. The van der Waals surface area contributed by atoms with E-state index in [1.54, 1.807) is 24.1 Å². The Hall–Kier alpha value is -2.37. The smallest absolute Gasteiger partial charge is 0.255 e. The van der Waals surface area contributed by atoms with Crippen LogP contribution in [-0.4, -0.2) is 29.3 Å². The van der Waals surface area contributed by atoms with Crippen LogP contribution in [0.1, 0.15) is 53.9 Å². The van der Waals surface area contributed by atoms with Gasteiger partial charge in [-0.15, -0.1) is 0 Å². The first-order valence-corrected chi connectivity index (χ1v) is 8.92. The van der Waals surface area contributed by atoms with Crippen LogP contribution in [0.4, 0.5) is 5.95 Å². The van der Waals surface area contributed by atoms with E-state index in [4.69, 9.17) is 4.42 Å². The summed E-state index contributed by atoms with van der Waals surface area (Å²) in [5, 5.41) is 0. The number of likely N-dealkylation sites (N-methyl/N-ethyl adjacent to an activating group) is 1. The van der Waals surface area contributed by atoms with Gasteiger partial charge in [0.1, 0.15) is 0 Å². The van der Waals surface area contributed by atoms with Gasteiger partial charge in [-0.05, 0) is 31.4 Å². The number of aromatic amines is 1. The zero-order chi connectivity index (χ0) is 17.8. The van der Waals surface area contributed by atoms with Gasteiger partial charge in [-0.1, -0.05) is 32.1 Å². The molecule has 0 amide bonds. The summed E-state index contributed by atoms with van der Waals surface area (Å²) in [7, 11) is 1.75. The van der Waals surface area contributed by atoms with E-state index >= 15 is 0 Å². The lowest BCUT2D eigenvalue weighted by Gasteiger charge is -2.23. The van der Waals surface area contributed by atoms with Crippen molar-refractivity contribution < 1.29 is 9.21 Å². The molecule has 0 radical (unpaired) electrons. The maximum atomic E-state index is 12.3. The van der Waals surface area contributed by atoms with Crippen LogP contribution in [0.2, 0.25) is 0 Å². The van der Waals surface area contributed by atoms with Crippen molar-refractivity contribution in [3.8, 4) is 0 Å². The van der Waals surface area contributed by atoms with Crippen LogP contribution < -0.4 is 10.5 Å². The molecule has 2 aromatic heterocycles. The molecule has 25 heavy (non-hydrogen) atoms. The van der Waals surface area contributed by atoms with E-state index in [0.717, 1.165) is 12.1 Å². The van der Waals surface area contributed by atoms with E-state index < -0.39 is 0 Å². The largest absolute Gasteiger partial charge is 0.461 e. The highest BCUT2D eigenvalue weighted by Gasteiger charge is 2.19. The molecule has 0 saturated heterocycles. The van der Waals surface area contributed by atoms with Gasteiger partial charge in [0, 0.05) is 12.6 Å². The van der Waals surface area contributed by atoms with Crippen molar-refractivity contribution in [3.63, 3.8) is 0 Å². The molecule has 0 spiro atoms. The number of H-pyrrole nitrogens is 1. The normalized spacial score (nSPS) is 15.3. The minimum absolute atomic E-state index is 0.0996. The number of hydrogen-bond donors (Lipinski definition) is 1. The molecule has 6 heteroatoms. The molecular weight excluding hydrogens is 318 g/mol. The number of rotatable bonds is 6. The predicted molar refractivity (Wildman–Crippen MR) is 96.2 cm³/mol. The summed E-state index contributed by atoms with van der Waals surface area (Å²) in [5.41, 5.74) is 1.40. The van der Waals surface area contributed by atoms with E-state index in [2.05, 4.69) is 9.97 Å². The molecular formula is C19H25N3O3. The first kappa shape index (κ1) is 17.5. The number of aromatic nitrogens is 2. The number of furan rings is 1. The molecule has 0 aromatic carbocycles. The summed E-state index contributed by atoms with van der Waals surface area (Å²) in [6.45, 7) is 1.92. The van der Waals surface area contributed by atoms with Crippen LogP contribution in [-0.2, 0) is 6.42 Å². The second kappa shape index (κ2) is 7.68. The number of Topliss-reactive ketones (excluding diaryl/α,β-unsaturated/α-hetero) is 1. The summed E-state index contributed by atoms with van der Waals surface area (Å²) in [6.07, 6.45) is 8.55. The van der Waals surface area contributed by atoms with Crippen LogP contribution in [0.15, 0.2) is 27.6 Å². The highest BCUT2D eigenvalue weighted by molar-refractivity contribution is 5.96. The molecule has 2 heterocycles. The molecule has 0 atom stereocenters. The van der Waals surface area contributed by atoms with Crippen molar-refractivity contribution in [2.75, 3.05) is 18.5 Å². The van der Waals surface area contributed by atoms with Gasteiger partial charge in [-0.2, -0.15) is 0 Å². The Morgan fingerprint density at radius 1 is 1.36 bits per heavy atom. The number of nitrogens with one attached hydrogen (secondary N) is 1. The van der Waals surface area contributed by atoms with Crippen molar-refractivity contribution in [2.24, 2.45) is 5.92 Å². The fourth-order valence-electron chi connectivity index (χ4n) is 3.42. The van der Waals surface area contributed by atoms with Gasteiger partial charge >= 0.3 is 0 Å². The number of hydrogen-bond acceptors (Lipinski definition) is 5. The van der Waals surface area contributed by atoms with Gasteiger partial charge in [0.25, 0.3) is 5.56 Å². The van der Waals surface area contributed by atoms with E-state index in [9.17, 15) is 9.59 Å². The lowest BCUT2D eigenvalue weighted by molar-refractivity contribution is 0.0973. The highest BCUT2D eigenvalue weighted by atomic mass is 16.3. The Bertz CT molecular complexity index is 774. The molecule has 1 N–H and O–H groups in total. The van der Waals surface area contributed by atoms with E-state index in [1.165, 1.54) is 38.4 Å². The molecule has 1 saturated carbocycles. The molecule has 134 valence electrons. The van der Waals surface area contributed by atoms with Gasteiger partial charge in [0.15, 0.2) is 5.76 Å². The molecule has 3 rings (SSSR count). The van der Waals surface area contributed by atoms with Crippen molar-refractivity contribution in [1.29, 1.82) is 0 Å². The van der Waals surface area contributed by atoms with Gasteiger partial charge in [0.05, 0.1) is 18.5 Å². The Balaban J connectivity index is 1.76. The van der Waals surface area contributed by atoms with E-state index in [1.807, 2.05) is 6.92 Å². The van der Waals surface area contributed by atoms with Gasteiger partial charge in [-0.3, -0.25) is 14.6 Å². The predicted octanol–water partition coefficient (Wildman–Crippen LogP) is 3.11. The fourth-order valence-corrected chi connectivity index (χ4v) is 3.42. The molecule has 0 bridgehead atoms. The SMILES string of the molecule is Cc1c(CC2CCCCC2)nc(N(C)CC(=O)c2ccco2)[nH]c1=O. The molecule has 1 fully saturated rings. The first-order valence-electron chi connectivity index (χ1n) is 8.92. The third-order valence-corrected chi connectivity index (χ3v) is 4.98. The van der Waals surface area contributed by atoms with Crippen LogP contribution in [0, 0.1) is 12.8 Å². The van der Waals surface area contributed by atoms with Crippen LogP contribution in [0.5, 0.6) is 0 Å². The standard InChI is InChI=1S/C19H25N3O3/c1-13-15(11-14-7-4-3-5-8-14)20-19(21-18(13)24)22(2)12-16(23)17-9-6-10-25-17/h6,9-10,14H,3-5,7-8,11-12H2,1-2H3,(H,20,21,24). The first-order chi connectivity index (χ1) is 12.0. The average molecular weight is 343 g/mol. The summed E-state index contributed by atoms with van der Waals surface area (Å²) in [6, 6.07) is 3.32. The molecule has 0 unspecified atom stereocenters. The molecule has 1 aliphatic carbocycles. The Morgan fingerprint density at radius 2 is 2.12 bits per heavy atom. The van der Waals surface area contributed by atoms with Crippen molar-refractivity contribution in [2.45, 2.75) is 45.4 Å². The monoisotopic (exact) mass is 343 g/mol. The Labute approximate surface area is 147 Å². The molecule has 0 aliphatic heterocycles. The van der Waals surface area contributed by atoms with Gasteiger partial charge < -0.3 is 9.32 Å². The summed E-state index contributed by atoms with van der Waals surface area (Å²) >= 11 is 0. The lowest BCUT2D eigenvalue weighted by Crippen LogP contribution is -2.30. The van der Waals surface area contributed by atoms with Gasteiger partial charge in [0.2, 0.25) is 11.7 Å². The van der Waals surface area contributed by atoms with Crippen LogP contribution >= 0.6 is 0 Å². The Kier molecular flexibility index (Phi) is 5.36. The van der Waals surface area contributed by atoms with Crippen LogP contribution in [0.25, 0.3) is 0 Å². The summed E-state index contributed by atoms with van der Waals surface area (Å²) in [4.78, 5) is 33.6. The second-order valence-corrected chi connectivity index (χ2v) is 6.93. The molecule has 2 aromatic rings.